The van der Waals surface area contributed by atoms with Crippen LogP contribution in [0.5, 0.6) is 0 Å². The Morgan fingerprint density at radius 3 is 3.04 bits per heavy atom. The summed E-state index contributed by atoms with van der Waals surface area (Å²) in [5, 5.41) is 3.69. The normalized spacial score (nSPS) is 16.7. The molecule has 0 bridgehead atoms. The van der Waals surface area contributed by atoms with Crippen molar-refractivity contribution in [2.75, 3.05) is 25.6 Å². The third kappa shape index (κ3) is 3.70. The van der Waals surface area contributed by atoms with Gasteiger partial charge in [0.25, 0.3) is 0 Å². The monoisotopic (exact) mass is 366 g/mol. The van der Waals surface area contributed by atoms with Gasteiger partial charge in [-0.3, -0.25) is 9.78 Å². The van der Waals surface area contributed by atoms with Crippen LogP contribution in [-0.4, -0.2) is 41.2 Å². The van der Waals surface area contributed by atoms with Gasteiger partial charge in [0.15, 0.2) is 0 Å². The van der Waals surface area contributed by atoms with E-state index in [2.05, 4.69) is 21.4 Å². The van der Waals surface area contributed by atoms with E-state index in [0.29, 0.717) is 24.9 Å². The number of rotatable bonds is 5. The molecule has 4 heterocycles. The van der Waals surface area contributed by atoms with Gasteiger partial charge in [-0.05, 0) is 30.2 Å². The molecule has 1 aliphatic heterocycles. The van der Waals surface area contributed by atoms with Gasteiger partial charge in [0, 0.05) is 49.4 Å². The Bertz CT molecular complexity index is 977. The minimum atomic E-state index is -0.150. The van der Waals surface area contributed by atoms with E-state index in [4.69, 9.17) is 14.5 Å². The molecule has 1 unspecified atom stereocenters. The number of anilines is 1. The second-order valence-electron chi connectivity index (χ2n) is 6.78. The largest absolute Gasteiger partial charge is 0.381 e. The van der Waals surface area contributed by atoms with Gasteiger partial charge in [-0.15, -0.1) is 0 Å². The number of fused-ring (bicyclic) bond motifs is 1. The lowest BCUT2D eigenvalue weighted by Crippen LogP contribution is -2.07. The van der Waals surface area contributed by atoms with E-state index >= 15 is 0 Å². The van der Waals surface area contributed by atoms with Gasteiger partial charge in [0.05, 0.1) is 30.6 Å². The summed E-state index contributed by atoms with van der Waals surface area (Å²) in [6, 6.07) is 6.01. The number of hydrogen-bond acceptors (Lipinski definition) is 5. The highest BCUT2D eigenvalue weighted by atomic mass is 16.5. The molecule has 1 saturated heterocycles. The zero-order valence-electron chi connectivity index (χ0n) is 15.4. The molecule has 7 heteroatoms. The number of nitrogens with one attached hydrogen (secondary N) is 2. The molecule has 4 rings (SSSR count). The van der Waals surface area contributed by atoms with Crippen molar-refractivity contribution in [1.82, 2.24) is 15.0 Å². The molecule has 3 aromatic rings. The van der Waals surface area contributed by atoms with Crippen molar-refractivity contribution in [3.63, 3.8) is 0 Å². The highest BCUT2D eigenvalue weighted by Gasteiger charge is 2.21. The molecule has 1 fully saturated rings. The Morgan fingerprint density at radius 2 is 2.30 bits per heavy atom. The summed E-state index contributed by atoms with van der Waals surface area (Å²) in [6.45, 7) is 3.47. The summed E-state index contributed by atoms with van der Waals surface area (Å²) in [7, 11) is 1.69. The average molecular weight is 366 g/mol. The van der Waals surface area contributed by atoms with Crippen LogP contribution in [0.25, 0.3) is 22.2 Å². The highest BCUT2D eigenvalue weighted by molar-refractivity contribution is 5.97. The number of nitrogens with zero attached hydrogens (tertiary/aromatic N) is 2. The van der Waals surface area contributed by atoms with Crippen LogP contribution in [0.15, 0.2) is 30.6 Å². The molecule has 1 atom stereocenters. The van der Waals surface area contributed by atoms with Gasteiger partial charge < -0.3 is 19.8 Å². The Morgan fingerprint density at radius 1 is 1.41 bits per heavy atom. The number of methoxy groups -OCH3 is 1. The molecule has 0 spiro atoms. The number of carbonyl (C=O) groups is 1. The molecule has 140 valence electrons. The van der Waals surface area contributed by atoms with Gasteiger partial charge in [0.1, 0.15) is 5.82 Å². The maximum atomic E-state index is 11.4. The number of ether oxygens (including phenoxy) is 2. The lowest BCUT2D eigenvalue weighted by atomic mass is 10.0. The third-order valence-corrected chi connectivity index (χ3v) is 4.71. The molecule has 3 aromatic heterocycles. The Kier molecular flexibility index (Phi) is 4.87. The number of H-pyrrole nitrogens is 1. The molecule has 0 saturated carbocycles. The van der Waals surface area contributed by atoms with E-state index in [9.17, 15) is 4.79 Å². The number of pyridine rings is 2. The van der Waals surface area contributed by atoms with E-state index in [1.807, 2.05) is 18.3 Å². The first-order chi connectivity index (χ1) is 13.1. The van der Waals surface area contributed by atoms with E-state index < -0.39 is 0 Å². The standard InChI is InChI=1S/C20H22N4O3/c1-12(25)23-20-7-15-16(8-21-19(15)9-22-20)18-6-13(10-26-2)5-17(24-18)14-3-4-27-11-14/h5-9,14,21H,3-4,10-11H2,1-2H3,(H,22,23,25). The SMILES string of the molecule is COCc1cc(-c2c[nH]c3cnc(NC(C)=O)cc23)nc(C2CCOC2)c1. The third-order valence-electron chi connectivity index (χ3n) is 4.71. The second-order valence-corrected chi connectivity index (χ2v) is 6.78. The maximum absolute atomic E-state index is 11.4. The molecule has 27 heavy (non-hydrogen) atoms. The van der Waals surface area contributed by atoms with Crippen molar-refractivity contribution >= 4 is 22.6 Å². The van der Waals surface area contributed by atoms with Crippen LogP contribution >= 0.6 is 0 Å². The average Bonchev–Trinajstić information content (AvgIpc) is 3.31. The van der Waals surface area contributed by atoms with E-state index in [0.717, 1.165) is 46.4 Å². The van der Waals surface area contributed by atoms with Crippen LogP contribution in [0, 0.1) is 0 Å². The first-order valence-corrected chi connectivity index (χ1v) is 8.96. The molecule has 0 aliphatic carbocycles. The molecule has 1 amide bonds. The minimum absolute atomic E-state index is 0.150. The second kappa shape index (κ2) is 7.46. The van der Waals surface area contributed by atoms with E-state index in [-0.39, 0.29) is 5.91 Å². The highest BCUT2D eigenvalue weighted by Crippen LogP contribution is 2.32. The number of hydrogen-bond donors (Lipinski definition) is 2. The van der Waals surface area contributed by atoms with Crippen LogP contribution in [0.1, 0.15) is 30.5 Å². The van der Waals surface area contributed by atoms with Crippen molar-refractivity contribution in [2.24, 2.45) is 0 Å². The summed E-state index contributed by atoms with van der Waals surface area (Å²) in [4.78, 5) is 23.8. The zero-order valence-corrected chi connectivity index (χ0v) is 15.4. The van der Waals surface area contributed by atoms with Gasteiger partial charge in [-0.25, -0.2) is 4.98 Å². The van der Waals surface area contributed by atoms with E-state index in [1.54, 1.807) is 13.3 Å². The lowest BCUT2D eigenvalue weighted by Gasteiger charge is -2.12. The molecule has 7 nitrogen and oxygen atoms in total. The van der Waals surface area contributed by atoms with Crippen molar-refractivity contribution in [3.05, 3.63) is 41.9 Å². The summed E-state index contributed by atoms with van der Waals surface area (Å²) < 4.78 is 10.9. The number of aromatic amines is 1. The fourth-order valence-corrected chi connectivity index (χ4v) is 3.46. The fraction of sp³-hybridized carbons (Fsp3) is 0.350. The van der Waals surface area contributed by atoms with Crippen molar-refractivity contribution in [2.45, 2.75) is 25.9 Å². The van der Waals surface area contributed by atoms with Crippen molar-refractivity contribution in [1.29, 1.82) is 0 Å². The molecule has 2 N–H and O–H groups in total. The smallest absolute Gasteiger partial charge is 0.222 e. The fourth-order valence-electron chi connectivity index (χ4n) is 3.46. The zero-order chi connectivity index (χ0) is 18.8. The topological polar surface area (TPSA) is 89.1 Å². The van der Waals surface area contributed by atoms with Gasteiger partial charge in [0.2, 0.25) is 5.91 Å². The first-order valence-electron chi connectivity index (χ1n) is 8.96. The Labute approximate surface area is 157 Å². The Balaban J connectivity index is 1.80. The van der Waals surface area contributed by atoms with Crippen LogP contribution in [0.4, 0.5) is 5.82 Å². The number of carbonyl (C=O) groups excluding carboxylic acids is 1. The van der Waals surface area contributed by atoms with Crippen LogP contribution < -0.4 is 5.32 Å². The molecule has 0 aromatic carbocycles. The predicted molar refractivity (Wildman–Crippen MR) is 103 cm³/mol. The molecule has 0 radical (unpaired) electrons. The predicted octanol–water partition coefficient (Wildman–Crippen LogP) is 3.23. The quantitative estimate of drug-likeness (QED) is 0.724. The van der Waals surface area contributed by atoms with Crippen LogP contribution in [0.3, 0.4) is 0 Å². The summed E-state index contributed by atoms with van der Waals surface area (Å²) in [6.07, 6.45) is 4.62. The van der Waals surface area contributed by atoms with E-state index in [1.165, 1.54) is 6.92 Å². The number of amides is 1. The Hall–Kier alpha value is -2.77. The van der Waals surface area contributed by atoms with Crippen molar-refractivity contribution in [3.8, 4) is 11.3 Å². The van der Waals surface area contributed by atoms with Crippen molar-refractivity contribution < 1.29 is 14.3 Å². The molecule has 1 aliphatic rings. The summed E-state index contributed by atoms with van der Waals surface area (Å²) >= 11 is 0. The number of aromatic nitrogens is 3. The van der Waals surface area contributed by atoms with Crippen LogP contribution in [-0.2, 0) is 20.9 Å². The lowest BCUT2D eigenvalue weighted by molar-refractivity contribution is -0.114. The van der Waals surface area contributed by atoms with Gasteiger partial charge in [-0.2, -0.15) is 0 Å². The first kappa shape index (κ1) is 17.6. The summed E-state index contributed by atoms with van der Waals surface area (Å²) in [5.41, 5.74) is 4.84. The molecular weight excluding hydrogens is 344 g/mol. The van der Waals surface area contributed by atoms with Crippen LogP contribution in [0.2, 0.25) is 0 Å². The minimum Gasteiger partial charge on any atom is -0.381 e. The molecular formula is C20H22N4O3. The summed E-state index contributed by atoms with van der Waals surface area (Å²) in [5.74, 6) is 0.679. The van der Waals surface area contributed by atoms with Gasteiger partial charge in [-0.1, -0.05) is 0 Å². The maximum Gasteiger partial charge on any atom is 0.222 e. The van der Waals surface area contributed by atoms with Gasteiger partial charge >= 0.3 is 0 Å².